The van der Waals surface area contributed by atoms with Crippen LogP contribution < -0.4 is 0 Å². The molecule has 0 amide bonds. The maximum absolute atomic E-state index is 9.27. The number of rotatable bonds is 3. The minimum Gasteiger partial charge on any atom is -0.395 e. The number of aliphatic hydroxyl groups excluding tert-OH is 1. The molecule has 1 aromatic heterocycles. The fourth-order valence-electron chi connectivity index (χ4n) is 2.59. The van der Waals surface area contributed by atoms with Gasteiger partial charge in [-0.3, -0.25) is 0 Å². The Morgan fingerprint density at radius 3 is 2.37 bits per heavy atom. The van der Waals surface area contributed by atoms with Crippen LogP contribution in [-0.2, 0) is 12.0 Å². The molecular formula is C17H25NO. The second-order valence-electron chi connectivity index (χ2n) is 6.62. The minimum absolute atomic E-state index is 0.172. The number of nitrogens with zero attached hydrogens (tertiary/aromatic N) is 1. The summed E-state index contributed by atoms with van der Waals surface area (Å²) in [5.74, 6) is 0.469. The molecule has 0 aliphatic carbocycles. The summed E-state index contributed by atoms with van der Waals surface area (Å²) in [4.78, 5) is 0. The summed E-state index contributed by atoms with van der Waals surface area (Å²) in [5.41, 5.74) is 4.06. The zero-order chi connectivity index (χ0) is 14.2. The number of hydrogen-bond acceptors (Lipinski definition) is 1. The van der Waals surface area contributed by atoms with Gasteiger partial charge in [-0.05, 0) is 35.1 Å². The third kappa shape index (κ3) is 2.69. The molecule has 1 aromatic carbocycles. The summed E-state index contributed by atoms with van der Waals surface area (Å²) in [6.07, 6.45) is 0. The molecule has 1 heterocycles. The van der Waals surface area contributed by atoms with Gasteiger partial charge in [0.2, 0.25) is 0 Å². The van der Waals surface area contributed by atoms with E-state index in [1.807, 2.05) is 0 Å². The highest BCUT2D eigenvalue weighted by Crippen LogP contribution is 2.30. The van der Waals surface area contributed by atoms with Gasteiger partial charge in [-0.2, -0.15) is 0 Å². The molecule has 0 radical (unpaired) electrons. The molecule has 0 saturated heterocycles. The van der Waals surface area contributed by atoms with Gasteiger partial charge in [-0.15, -0.1) is 0 Å². The molecule has 0 bridgehead atoms. The standard InChI is InChI=1S/C17H25NO/c1-12(2)16-11-13-10-14(17(3,4)5)6-7-15(13)18(16)8-9-19/h6-7,10-12,19H,8-9H2,1-5H3. The Kier molecular flexibility index (Phi) is 3.73. The van der Waals surface area contributed by atoms with Crippen LogP contribution in [0.25, 0.3) is 10.9 Å². The van der Waals surface area contributed by atoms with Crippen molar-refractivity contribution in [1.82, 2.24) is 4.57 Å². The van der Waals surface area contributed by atoms with Crippen LogP contribution in [0.3, 0.4) is 0 Å². The molecule has 0 aliphatic heterocycles. The number of aliphatic hydroxyl groups is 1. The summed E-state index contributed by atoms with van der Waals surface area (Å²) >= 11 is 0. The summed E-state index contributed by atoms with van der Waals surface area (Å²) in [5, 5.41) is 10.5. The first-order chi connectivity index (χ1) is 8.84. The summed E-state index contributed by atoms with van der Waals surface area (Å²) in [7, 11) is 0. The van der Waals surface area contributed by atoms with E-state index in [1.54, 1.807) is 0 Å². The molecule has 0 saturated carbocycles. The Morgan fingerprint density at radius 1 is 1.16 bits per heavy atom. The molecule has 1 N–H and O–H groups in total. The van der Waals surface area contributed by atoms with E-state index in [9.17, 15) is 5.11 Å². The van der Waals surface area contributed by atoms with Gasteiger partial charge < -0.3 is 9.67 Å². The molecular weight excluding hydrogens is 234 g/mol. The second-order valence-corrected chi connectivity index (χ2v) is 6.62. The van der Waals surface area contributed by atoms with Crippen molar-refractivity contribution in [3.05, 3.63) is 35.5 Å². The molecule has 19 heavy (non-hydrogen) atoms. The average molecular weight is 259 g/mol. The van der Waals surface area contributed by atoms with Gasteiger partial charge in [0, 0.05) is 23.1 Å². The van der Waals surface area contributed by atoms with Crippen LogP contribution in [0.5, 0.6) is 0 Å². The number of benzene rings is 1. The molecule has 2 aromatic rings. The zero-order valence-corrected chi connectivity index (χ0v) is 12.7. The topological polar surface area (TPSA) is 25.2 Å². The molecule has 0 spiro atoms. The fraction of sp³-hybridized carbons (Fsp3) is 0.529. The third-order valence-electron chi connectivity index (χ3n) is 3.71. The molecule has 0 fully saturated rings. The first-order valence-corrected chi connectivity index (χ1v) is 7.09. The Labute approximate surface area is 116 Å². The maximum Gasteiger partial charge on any atom is 0.0610 e. The molecule has 0 atom stereocenters. The Balaban J connectivity index is 2.62. The Bertz CT molecular complexity index is 573. The van der Waals surface area contributed by atoms with Crippen molar-refractivity contribution in [2.75, 3.05) is 6.61 Å². The van der Waals surface area contributed by atoms with Crippen molar-refractivity contribution >= 4 is 10.9 Å². The lowest BCUT2D eigenvalue weighted by Gasteiger charge is -2.19. The van der Waals surface area contributed by atoms with Gasteiger partial charge >= 0.3 is 0 Å². The highest BCUT2D eigenvalue weighted by atomic mass is 16.3. The molecule has 2 nitrogen and oxygen atoms in total. The van der Waals surface area contributed by atoms with Gasteiger partial charge in [-0.1, -0.05) is 40.7 Å². The van der Waals surface area contributed by atoms with Crippen LogP contribution in [0.15, 0.2) is 24.3 Å². The maximum atomic E-state index is 9.27. The van der Waals surface area contributed by atoms with Crippen LogP contribution in [0.4, 0.5) is 0 Å². The van der Waals surface area contributed by atoms with Crippen molar-refractivity contribution in [3.8, 4) is 0 Å². The SMILES string of the molecule is CC(C)c1cc2cc(C(C)(C)C)ccc2n1CCO. The summed E-state index contributed by atoms with van der Waals surface area (Å²) in [6, 6.07) is 8.96. The van der Waals surface area contributed by atoms with Gasteiger partial charge in [0.1, 0.15) is 0 Å². The number of fused-ring (bicyclic) bond motifs is 1. The van der Waals surface area contributed by atoms with Crippen LogP contribution >= 0.6 is 0 Å². The summed E-state index contributed by atoms with van der Waals surface area (Å²) < 4.78 is 2.24. The van der Waals surface area contributed by atoms with E-state index in [0.717, 1.165) is 0 Å². The van der Waals surface area contributed by atoms with Crippen molar-refractivity contribution in [2.24, 2.45) is 0 Å². The average Bonchev–Trinajstić information content (AvgIpc) is 2.67. The zero-order valence-electron chi connectivity index (χ0n) is 12.7. The predicted octanol–water partition coefficient (Wildman–Crippen LogP) is 4.05. The van der Waals surface area contributed by atoms with Crippen molar-refractivity contribution < 1.29 is 5.11 Å². The van der Waals surface area contributed by atoms with Crippen molar-refractivity contribution in [1.29, 1.82) is 0 Å². The quantitative estimate of drug-likeness (QED) is 0.883. The smallest absolute Gasteiger partial charge is 0.0610 e. The monoisotopic (exact) mass is 259 g/mol. The Hall–Kier alpha value is -1.28. The lowest BCUT2D eigenvalue weighted by atomic mass is 9.86. The van der Waals surface area contributed by atoms with E-state index >= 15 is 0 Å². The van der Waals surface area contributed by atoms with Gasteiger partial charge in [-0.25, -0.2) is 0 Å². The minimum atomic E-state index is 0.172. The number of aromatic nitrogens is 1. The van der Waals surface area contributed by atoms with Gasteiger partial charge in [0.05, 0.1) is 6.61 Å². The van der Waals surface area contributed by atoms with E-state index in [1.165, 1.54) is 22.2 Å². The molecule has 104 valence electrons. The summed E-state index contributed by atoms with van der Waals surface area (Å²) in [6.45, 7) is 12.0. The Morgan fingerprint density at radius 2 is 1.84 bits per heavy atom. The third-order valence-corrected chi connectivity index (χ3v) is 3.71. The lowest BCUT2D eigenvalue weighted by molar-refractivity contribution is 0.276. The normalized spacial score (nSPS) is 12.6. The lowest BCUT2D eigenvalue weighted by Crippen LogP contribution is -2.11. The largest absolute Gasteiger partial charge is 0.395 e. The van der Waals surface area contributed by atoms with E-state index in [-0.39, 0.29) is 12.0 Å². The first-order valence-electron chi connectivity index (χ1n) is 7.09. The predicted molar refractivity (Wildman–Crippen MR) is 81.8 cm³/mol. The van der Waals surface area contributed by atoms with E-state index in [4.69, 9.17) is 0 Å². The first kappa shape index (κ1) is 14.1. The van der Waals surface area contributed by atoms with Crippen LogP contribution in [0.1, 0.15) is 51.8 Å². The van der Waals surface area contributed by atoms with Gasteiger partial charge in [0.25, 0.3) is 0 Å². The molecule has 2 rings (SSSR count). The number of hydrogen-bond donors (Lipinski definition) is 1. The second kappa shape index (κ2) is 5.01. The van der Waals surface area contributed by atoms with Crippen LogP contribution in [-0.4, -0.2) is 16.3 Å². The molecule has 0 aliphatic rings. The molecule has 0 unspecified atom stereocenters. The van der Waals surface area contributed by atoms with E-state index in [0.29, 0.717) is 12.5 Å². The fourth-order valence-corrected chi connectivity index (χ4v) is 2.59. The van der Waals surface area contributed by atoms with Crippen LogP contribution in [0, 0.1) is 0 Å². The molecule has 2 heteroatoms. The van der Waals surface area contributed by atoms with E-state index in [2.05, 4.69) is 63.5 Å². The van der Waals surface area contributed by atoms with Crippen LogP contribution in [0.2, 0.25) is 0 Å². The van der Waals surface area contributed by atoms with E-state index < -0.39 is 0 Å². The highest BCUT2D eigenvalue weighted by Gasteiger charge is 2.16. The van der Waals surface area contributed by atoms with Gasteiger partial charge in [0.15, 0.2) is 0 Å². The highest BCUT2D eigenvalue weighted by molar-refractivity contribution is 5.82. The van der Waals surface area contributed by atoms with Crippen molar-refractivity contribution in [2.45, 2.75) is 52.5 Å². The van der Waals surface area contributed by atoms with Crippen molar-refractivity contribution in [3.63, 3.8) is 0 Å².